The third-order valence-corrected chi connectivity index (χ3v) is 5.70. The van der Waals surface area contributed by atoms with Gasteiger partial charge in [0.1, 0.15) is 5.75 Å². The van der Waals surface area contributed by atoms with Crippen LogP contribution in [0.25, 0.3) is 10.8 Å². The Hall–Kier alpha value is -2.80. The van der Waals surface area contributed by atoms with Crippen molar-refractivity contribution in [1.82, 2.24) is 14.7 Å². The lowest BCUT2D eigenvalue weighted by Crippen LogP contribution is -2.40. The maximum atomic E-state index is 12.8. The van der Waals surface area contributed by atoms with Gasteiger partial charge in [-0.2, -0.15) is 0 Å². The minimum Gasteiger partial charge on any atom is -0.497 e. The molecule has 7 heteroatoms. The van der Waals surface area contributed by atoms with E-state index in [-0.39, 0.29) is 12.0 Å². The summed E-state index contributed by atoms with van der Waals surface area (Å²) in [5, 5.41) is 2.24. The molecule has 174 valence electrons. The van der Waals surface area contributed by atoms with Crippen molar-refractivity contribution in [1.29, 1.82) is 0 Å². The topological polar surface area (TPSA) is 62.3 Å². The van der Waals surface area contributed by atoms with Gasteiger partial charge < -0.3 is 19.3 Å². The number of nitrogens with zero attached hydrogens (tertiary/aromatic N) is 3. The summed E-state index contributed by atoms with van der Waals surface area (Å²) in [5.74, 6) is 1.23. The molecule has 1 saturated heterocycles. The van der Waals surface area contributed by atoms with Gasteiger partial charge in [-0.25, -0.2) is 4.79 Å². The van der Waals surface area contributed by atoms with Crippen molar-refractivity contribution in [3.8, 4) is 5.75 Å². The number of methoxy groups -OCH3 is 1. The van der Waals surface area contributed by atoms with Crippen molar-refractivity contribution in [2.45, 2.75) is 26.8 Å². The highest BCUT2D eigenvalue weighted by molar-refractivity contribution is 5.84. The summed E-state index contributed by atoms with van der Waals surface area (Å²) in [7, 11) is 3.50. The number of likely N-dealkylation sites (N-methyl/N-ethyl adjacent to an activating group) is 1. The Balaban J connectivity index is 1.51. The molecule has 0 radical (unpaired) electrons. The number of fused-ring (bicyclic) bond motifs is 1. The highest BCUT2D eigenvalue weighted by Gasteiger charge is 2.22. The summed E-state index contributed by atoms with van der Waals surface area (Å²) in [4.78, 5) is 30.7. The summed E-state index contributed by atoms with van der Waals surface area (Å²) in [6, 6.07) is 12.2. The molecule has 0 saturated carbocycles. The minimum atomic E-state index is -0.252. The average molecular weight is 442 g/mol. The average Bonchev–Trinajstić information content (AvgIpc) is 3.02. The molecule has 7 nitrogen and oxygen atoms in total. The lowest BCUT2D eigenvalue weighted by atomic mass is 10.1. The third kappa shape index (κ3) is 6.60. The molecule has 32 heavy (non-hydrogen) atoms. The first-order valence-electron chi connectivity index (χ1n) is 11.3. The fourth-order valence-electron chi connectivity index (χ4n) is 3.81. The van der Waals surface area contributed by atoms with Crippen molar-refractivity contribution in [2.75, 3.05) is 53.5 Å². The Morgan fingerprint density at radius 3 is 2.53 bits per heavy atom. The van der Waals surface area contributed by atoms with E-state index in [2.05, 4.69) is 23.1 Å². The lowest BCUT2D eigenvalue weighted by Gasteiger charge is -2.24. The molecule has 0 N–H and O–H groups in total. The molecular weight excluding hydrogens is 406 g/mol. The van der Waals surface area contributed by atoms with E-state index in [4.69, 9.17) is 9.47 Å². The first-order chi connectivity index (χ1) is 15.4. The standard InChI is InChI=1S/C25H35N3O4/c1-19(2)18-32-25(30)28-11-5-10-27(12-13-28)17-24(29)26(3)16-20-6-7-22-15-23(31-4)9-8-21(22)14-20/h6-9,14-15,19H,5,10-13,16-18H2,1-4H3. The molecule has 2 aromatic carbocycles. The van der Waals surface area contributed by atoms with E-state index < -0.39 is 0 Å². The number of carbonyl (C=O) groups excluding carboxylic acids is 2. The lowest BCUT2D eigenvalue weighted by molar-refractivity contribution is -0.131. The predicted molar refractivity (Wildman–Crippen MR) is 126 cm³/mol. The van der Waals surface area contributed by atoms with Crippen LogP contribution >= 0.6 is 0 Å². The van der Waals surface area contributed by atoms with E-state index in [1.807, 2.05) is 39.1 Å². The highest BCUT2D eigenvalue weighted by atomic mass is 16.6. The molecule has 2 amide bonds. The van der Waals surface area contributed by atoms with Crippen molar-refractivity contribution in [2.24, 2.45) is 5.92 Å². The van der Waals surface area contributed by atoms with Crippen LogP contribution < -0.4 is 4.74 Å². The SMILES string of the molecule is COc1ccc2cc(CN(C)C(=O)CN3CCCN(C(=O)OCC(C)C)CC3)ccc2c1. The van der Waals surface area contributed by atoms with Crippen LogP contribution in [-0.4, -0.2) is 80.2 Å². The van der Waals surface area contributed by atoms with Gasteiger partial charge >= 0.3 is 6.09 Å². The number of rotatable bonds is 7. The van der Waals surface area contributed by atoms with Crippen molar-refractivity contribution >= 4 is 22.8 Å². The molecule has 0 unspecified atom stereocenters. The summed E-state index contributed by atoms with van der Waals surface area (Å²) >= 11 is 0. The first kappa shape index (κ1) is 23.9. The predicted octanol–water partition coefficient (Wildman–Crippen LogP) is 3.61. The zero-order valence-corrected chi connectivity index (χ0v) is 19.7. The van der Waals surface area contributed by atoms with E-state index >= 15 is 0 Å². The number of carbonyl (C=O) groups is 2. The van der Waals surface area contributed by atoms with Crippen LogP contribution in [0.2, 0.25) is 0 Å². The van der Waals surface area contributed by atoms with E-state index in [9.17, 15) is 9.59 Å². The van der Waals surface area contributed by atoms with Crippen LogP contribution in [0.5, 0.6) is 5.75 Å². The molecule has 0 aromatic heterocycles. The molecule has 2 aromatic rings. The van der Waals surface area contributed by atoms with E-state index in [1.165, 1.54) is 0 Å². The van der Waals surface area contributed by atoms with Gasteiger partial charge in [0.2, 0.25) is 5.91 Å². The van der Waals surface area contributed by atoms with Gasteiger partial charge in [-0.1, -0.05) is 32.0 Å². The summed E-state index contributed by atoms with van der Waals surface area (Å²) in [6.07, 6.45) is 0.583. The fourth-order valence-corrected chi connectivity index (χ4v) is 3.81. The van der Waals surface area contributed by atoms with E-state index in [0.717, 1.165) is 35.1 Å². The van der Waals surface area contributed by atoms with Gasteiger partial charge in [-0.15, -0.1) is 0 Å². The van der Waals surface area contributed by atoms with Gasteiger partial charge in [0.25, 0.3) is 0 Å². The molecule has 1 aliphatic rings. The number of hydrogen-bond donors (Lipinski definition) is 0. The summed E-state index contributed by atoms with van der Waals surface area (Å²) in [5.41, 5.74) is 1.09. The highest BCUT2D eigenvalue weighted by Crippen LogP contribution is 2.22. The second kappa shape index (κ2) is 11.2. The quantitative estimate of drug-likeness (QED) is 0.657. The Bertz CT molecular complexity index is 931. The molecular formula is C25H35N3O4. The van der Waals surface area contributed by atoms with Crippen LogP contribution in [0.1, 0.15) is 25.8 Å². The van der Waals surface area contributed by atoms with Gasteiger partial charge in [-0.05, 0) is 46.9 Å². The van der Waals surface area contributed by atoms with Crippen molar-refractivity contribution < 1.29 is 19.1 Å². The Labute approximate surface area is 190 Å². The minimum absolute atomic E-state index is 0.0793. The Kier molecular flexibility index (Phi) is 8.33. The van der Waals surface area contributed by atoms with Gasteiger partial charge in [0.15, 0.2) is 0 Å². The van der Waals surface area contributed by atoms with Gasteiger partial charge in [0, 0.05) is 39.8 Å². The summed E-state index contributed by atoms with van der Waals surface area (Å²) in [6.45, 7) is 8.12. The Morgan fingerprint density at radius 1 is 1.03 bits per heavy atom. The summed E-state index contributed by atoms with van der Waals surface area (Å²) < 4.78 is 10.6. The number of ether oxygens (including phenoxy) is 2. The van der Waals surface area contributed by atoms with Crippen LogP contribution in [0.3, 0.4) is 0 Å². The molecule has 1 heterocycles. The normalized spacial score (nSPS) is 15.0. The number of benzene rings is 2. The third-order valence-electron chi connectivity index (χ3n) is 5.70. The zero-order valence-electron chi connectivity index (χ0n) is 19.7. The molecule has 0 bridgehead atoms. The molecule has 3 rings (SSSR count). The monoisotopic (exact) mass is 441 g/mol. The molecule has 0 spiro atoms. The first-order valence-corrected chi connectivity index (χ1v) is 11.3. The van der Waals surface area contributed by atoms with Crippen LogP contribution in [0, 0.1) is 5.92 Å². The maximum absolute atomic E-state index is 12.8. The molecule has 1 fully saturated rings. The zero-order chi connectivity index (χ0) is 23.1. The smallest absolute Gasteiger partial charge is 0.409 e. The molecule has 0 aliphatic carbocycles. The van der Waals surface area contributed by atoms with E-state index in [0.29, 0.717) is 45.2 Å². The number of amides is 2. The van der Waals surface area contributed by atoms with Crippen LogP contribution in [-0.2, 0) is 16.1 Å². The van der Waals surface area contributed by atoms with Gasteiger partial charge in [-0.3, -0.25) is 9.69 Å². The van der Waals surface area contributed by atoms with Gasteiger partial charge in [0.05, 0.1) is 20.3 Å². The van der Waals surface area contributed by atoms with E-state index in [1.54, 1.807) is 16.9 Å². The fraction of sp³-hybridized carbons (Fsp3) is 0.520. The molecule has 0 atom stereocenters. The van der Waals surface area contributed by atoms with Crippen molar-refractivity contribution in [3.63, 3.8) is 0 Å². The van der Waals surface area contributed by atoms with Crippen molar-refractivity contribution in [3.05, 3.63) is 42.0 Å². The van der Waals surface area contributed by atoms with Crippen LogP contribution in [0.15, 0.2) is 36.4 Å². The second-order valence-corrected chi connectivity index (χ2v) is 8.88. The maximum Gasteiger partial charge on any atom is 0.409 e. The second-order valence-electron chi connectivity index (χ2n) is 8.88. The largest absolute Gasteiger partial charge is 0.497 e. The van der Waals surface area contributed by atoms with Crippen LogP contribution in [0.4, 0.5) is 4.79 Å². The Morgan fingerprint density at radius 2 is 1.78 bits per heavy atom. The molecule has 1 aliphatic heterocycles. The number of hydrogen-bond acceptors (Lipinski definition) is 5.